The lowest BCUT2D eigenvalue weighted by Gasteiger charge is -2.15. The average Bonchev–Trinajstić information content (AvgIpc) is 3.23. The summed E-state index contributed by atoms with van der Waals surface area (Å²) in [6.45, 7) is 6.12. The molecule has 1 N–H and O–H groups in total. The Morgan fingerprint density at radius 2 is 1.68 bits per heavy atom. The SMILES string of the molecule is CCOC(=O)c1cc(-c2ccc(Cl)cc2)n(-c2ccc(C(=O)NC(CC)CC)cc2)n1. The number of hydrogen-bond acceptors (Lipinski definition) is 4. The molecule has 0 spiro atoms. The van der Waals surface area contributed by atoms with E-state index in [1.54, 1.807) is 41.9 Å². The maximum Gasteiger partial charge on any atom is 0.358 e. The predicted molar refractivity (Wildman–Crippen MR) is 122 cm³/mol. The van der Waals surface area contributed by atoms with Gasteiger partial charge < -0.3 is 10.1 Å². The number of halogens is 1. The van der Waals surface area contributed by atoms with Crippen molar-refractivity contribution in [3.05, 3.63) is 70.9 Å². The molecule has 0 atom stereocenters. The van der Waals surface area contributed by atoms with Crippen LogP contribution in [0.4, 0.5) is 0 Å². The van der Waals surface area contributed by atoms with Crippen molar-refractivity contribution >= 4 is 23.5 Å². The van der Waals surface area contributed by atoms with E-state index in [4.69, 9.17) is 16.3 Å². The van der Waals surface area contributed by atoms with Gasteiger partial charge in [-0.05, 0) is 62.2 Å². The van der Waals surface area contributed by atoms with Crippen LogP contribution in [0.2, 0.25) is 5.02 Å². The summed E-state index contributed by atoms with van der Waals surface area (Å²) in [5, 5.41) is 8.11. The van der Waals surface area contributed by atoms with Crippen molar-refractivity contribution in [3.63, 3.8) is 0 Å². The Hall–Kier alpha value is -3.12. The number of rotatable bonds is 8. The van der Waals surface area contributed by atoms with Crippen LogP contribution in [0, 0.1) is 0 Å². The van der Waals surface area contributed by atoms with E-state index in [1.165, 1.54) is 0 Å². The van der Waals surface area contributed by atoms with E-state index in [2.05, 4.69) is 24.3 Å². The zero-order chi connectivity index (χ0) is 22.4. The van der Waals surface area contributed by atoms with E-state index in [1.807, 2.05) is 24.3 Å². The molecule has 31 heavy (non-hydrogen) atoms. The minimum absolute atomic E-state index is 0.106. The average molecular weight is 440 g/mol. The summed E-state index contributed by atoms with van der Waals surface area (Å²) in [5.41, 5.74) is 3.07. The number of aromatic nitrogens is 2. The molecule has 0 aliphatic carbocycles. The molecule has 1 heterocycles. The lowest BCUT2D eigenvalue weighted by Crippen LogP contribution is -2.33. The first-order valence-electron chi connectivity index (χ1n) is 10.4. The number of ether oxygens (including phenoxy) is 1. The van der Waals surface area contributed by atoms with Crippen molar-refractivity contribution in [1.82, 2.24) is 15.1 Å². The highest BCUT2D eigenvalue weighted by molar-refractivity contribution is 6.30. The number of esters is 1. The molecule has 0 aliphatic rings. The fourth-order valence-corrected chi connectivity index (χ4v) is 3.35. The van der Waals surface area contributed by atoms with Crippen LogP contribution >= 0.6 is 11.6 Å². The minimum Gasteiger partial charge on any atom is -0.461 e. The van der Waals surface area contributed by atoms with Crippen LogP contribution in [-0.2, 0) is 4.74 Å². The summed E-state index contributed by atoms with van der Waals surface area (Å²) in [4.78, 5) is 24.8. The van der Waals surface area contributed by atoms with Gasteiger partial charge in [0.25, 0.3) is 5.91 Å². The zero-order valence-corrected chi connectivity index (χ0v) is 18.6. The molecule has 1 aromatic heterocycles. The number of benzene rings is 2. The zero-order valence-electron chi connectivity index (χ0n) is 17.9. The van der Waals surface area contributed by atoms with Gasteiger partial charge in [-0.25, -0.2) is 9.48 Å². The normalized spacial score (nSPS) is 10.9. The van der Waals surface area contributed by atoms with Gasteiger partial charge in [-0.1, -0.05) is 37.6 Å². The van der Waals surface area contributed by atoms with Gasteiger partial charge in [-0.2, -0.15) is 5.10 Å². The van der Waals surface area contributed by atoms with Crippen molar-refractivity contribution in [2.75, 3.05) is 6.61 Å². The molecule has 0 fully saturated rings. The van der Waals surface area contributed by atoms with Gasteiger partial charge in [0.2, 0.25) is 0 Å². The highest BCUT2D eigenvalue weighted by Crippen LogP contribution is 2.26. The van der Waals surface area contributed by atoms with Crippen LogP contribution in [0.15, 0.2) is 54.6 Å². The smallest absolute Gasteiger partial charge is 0.358 e. The largest absolute Gasteiger partial charge is 0.461 e. The van der Waals surface area contributed by atoms with Crippen LogP contribution in [0.5, 0.6) is 0 Å². The molecule has 0 saturated heterocycles. The van der Waals surface area contributed by atoms with Gasteiger partial charge in [0.1, 0.15) is 0 Å². The molecule has 0 aliphatic heterocycles. The first kappa shape index (κ1) is 22.6. The Morgan fingerprint density at radius 3 is 2.26 bits per heavy atom. The number of nitrogens with one attached hydrogen (secondary N) is 1. The molecular weight excluding hydrogens is 414 g/mol. The van der Waals surface area contributed by atoms with E-state index in [0.29, 0.717) is 16.3 Å². The lowest BCUT2D eigenvalue weighted by molar-refractivity contribution is 0.0518. The molecule has 162 valence electrons. The van der Waals surface area contributed by atoms with Crippen LogP contribution in [0.1, 0.15) is 54.5 Å². The highest BCUT2D eigenvalue weighted by atomic mass is 35.5. The Morgan fingerprint density at radius 1 is 1.03 bits per heavy atom. The van der Waals surface area contributed by atoms with E-state index in [-0.39, 0.29) is 24.2 Å². The van der Waals surface area contributed by atoms with Gasteiger partial charge >= 0.3 is 5.97 Å². The molecule has 0 unspecified atom stereocenters. The molecule has 2 aromatic carbocycles. The third-order valence-electron chi connectivity index (χ3n) is 5.03. The Kier molecular flexibility index (Phi) is 7.47. The minimum atomic E-state index is -0.488. The number of hydrogen-bond donors (Lipinski definition) is 1. The molecule has 3 rings (SSSR count). The number of carbonyl (C=O) groups is 2. The van der Waals surface area contributed by atoms with Crippen LogP contribution < -0.4 is 5.32 Å². The Balaban J connectivity index is 1.96. The monoisotopic (exact) mass is 439 g/mol. The summed E-state index contributed by atoms with van der Waals surface area (Å²) in [7, 11) is 0. The molecule has 3 aromatic rings. The van der Waals surface area contributed by atoms with E-state index in [0.717, 1.165) is 24.1 Å². The molecule has 7 heteroatoms. The van der Waals surface area contributed by atoms with Gasteiger partial charge in [0.05, 0.1) is 18.0 Å². The Bertz CT molecular complexity index is 1040. The fourth-order valence-electron chi connectivity index (χ4n) is 3.22. The first-order chi connectivity index (χ1) is 15.0. The molecule has 6 nitrogen and oxygen atoms in total. The van der Waals surface area contributed by atoms with Gasteiger partial charge in [-0.15, -0.1) is 0 Å². The van der Waals surface area contributed by atoms with Crippen LogP contribution in [-0.4, -0.2) is 34.3 Å². The van der Waals surface area contributed by atoms with Crippen molar-refractivity contribution in [3.8, 4) is 16.9 Å². The van der Waals surface area contributed by atoms with Crippen LogP contribution in [0.3, 0.4) is 0 Å². The summed E-state index contributed by atoms with van der Waals surface area (Å²) in [6, 6.07) is 16.3. The summed E-state index contributed by atoms with van der Waals surface area (Å²) >= 11 is 6.02. The second-order valence-corrected chi connectivity index (χ2v) is 7.52. The van der Waals surface area contributed by atoms with Gasteiger partial charge in [-0.3, -0.25) is 4.79 Å². The first-order valence-corrected chi connectivity index (χ1v) is 10.8. The highest BCUT2D eigenvalue weighted by Gasteiger charge is 2.18. The van der Waals surface area contributed by atoms with Crippen molar-refractivity contribution in [2.24, 2.45) is 0 Å². The summed E-state index contributed by atoms with van der Waals surface area (Å²) < 4.78 is 6.77. The molecular formula is C24H26ClN3O3. The fraction of sp³-hybridized carbons (Fsp3) is 0.292. The summed E-state index contributed by atoms with van der Waals surface area (Å²) in [6.07, 6.45) is 1.77. The predicted octanol–water partition coefficient (Wildman–Crippen LogP) is 5.29. The van der Waals surface area contributed by atoms with E-state index >= 15 is 0 Å². The molecule has 0 saturated carbocycles. The second kappa shape index (κ2) is 10.3. The molecule has 0 bridgehead atoms. The Labute approximate surface area is 187 Å². The quantitative estimate of drug-likeness (QED) is 0.484. The van der Waals surface area contributed by atoms with Crippen molar-refractivity contribution < 1.29 is 14.3 Å². The third-order valence-corrected chi connectivity index (χ3v) is 5.28. The van der Waals surface area contributed by atoms with E-state index in [9.17, 15) is 9.59 Å². The number of nitrogens with zero attached hydrogens (tertiary/aromatic N) is 2. The molecule has 0 radical (unpaired) electrons. The third kappa shape index (κ3) is 5.33. The lowest BCUT2D eigenvalue weighted by atomic mass is 10.1. The number of amides is 1. The van der Waals surface area contributed by atoms with Gasteiger partial charge in [0.15, 0.2) is 5.69 Å². The van der Waals surface area contributed by atoms with Crippen molar-refractivity contribution in [1.29, 1.82) is 0 Å². The van der Waals surface area contributed by atoms with E-state index < -0.39 is 5.97 Å². The van der Waals surface area contributed by atoms with Gasteiger partial charge in [0, 0.05) is 22.2 Å². The second-order valence-electron chi connectivity index (χ2n) is 7.09. The standard InChI is InChI=1S/C24H26ClN3O3/c1-4-19(5-2)26-23(29)17-9-13-20(14-10-17)28-22(16-7-11-18(25)12-8-16)15-21(27-28)24(30)31-6-3/h7-15,19H,4-6H2,1-3H3,(H,26,29). The molecule has 1 amide bonds. The maximum absolute atomic E-state index is 12.5. The van der Waals surface area contributed by atoms with Crippen LogP contribution in [0.25, 0.3) is 16.9 Å². The maximum atomic E-state index is 12.5. The number of carbonyl (C=O) groups excluding carboxylic acids is 2. The summed E-state index contributed by atoms with van der Waals surface area (Å²) in [5.74, 6) is -0.594. The topological polar surface area (TPSA) is 73.2 Å². The van der Waals surface area contributed by atoms with Crippen molar-refractivity contribution in [2.45, 2.75) is 39.7 Å².